The van der Waals surface area contributed by atoms with Gasteiger partial charge in [0, 0.05) is 30.3 Å². The highest BCUT2D eigenvalue weighted by molar-refractivity contribution is 9.10. The molecule has 154 valence electrons. The van der Waals surface area contributed by atoms with Crippen LogP contribution >= 0.6 is 15.9 Å². The van der Waals surface area contributed by atoms with Gasteiger partial charge in [-0.05, 0) is 42.8 Å². The van der Waals surface area contributed by atoms with Crippen molar-refractivity contribution in [2.24, 2.45) is 0 Å². The maximum absolute atomic E-state index is 13.0. The van der Waals surface area contributed by atoms with Crippen molar-refractivity contribution in [2.45, 2.75) is 25.5 Å². The molecule has 30 heavy (non-hydrogen) atoms. The summed E-state index contributed by atoms with van der Waals surface area (Å²) in [6, 6.07) is 8.24. The van der Waals surface area contributed by atoms with Crippen LogP contribution in [-0.4, -0.2) is 51.2 Å². The number of nitrogens with one attached hydrogen (secondary N) is 2. The molecule has 3 aromatic rings. The third-order valence-corrected chi connectivity index (χ3v) is 5.30. The number of likely N-dealkylation sites (N-methyl/N-ethyl adjacent to an activating group) is 1. The molecule has 9 nitrogen and oxygen atoms in total. The normalized spacial score (nSPS) is 18.4. The Morgan fingerprint density at radius 1 is 1.30 bits per heavy atom. The van der Waals surface area contributed by atoms with Gasteiger partial charge in [0.25, 0.3) is 11.8 Å². The zero-order valence-electron chi connectivity index (χ0n) is 16.3. The molecule has 0 aliphatic carbocycles. The van der Waals surface area contributed by atoms with Crippen molar-refractivity contribution in [3.8, 4) is 5.75 Å². The molecule has 0 spiro atoms. The van der Waals surface area contributed by atoms with Gasteiger partial charge in [0.05, 0.1) is 5.69 Å². The smallest absolute Gasteiger partial charge is 0.291 e. The molecule has 2 atom stereocenters. The zero-order valence-corrected chi connectivity index (χ0v) is 17.9. The average molecular weight is 471 g/mol. The first kappa shape index (κ1) is 20.0. The highest BCUT2D eigenvalue weighted by atomic mass is 79.9. The largest absolute Gasteiger partial charge is 0.486 e. The molecule has 3 heterocycles. The second kappa shape index (κ2) is 8.23. The van der Waals surface area contributed by atoms with Gasteiger partial charge in [0.2, 0.25) is 5.82 Å². The molecule has 1 aliphatic heterocycles. The summed E-state index contributed by atoms with van der Waals surface area (Å²) >= 11 is 3.40. The lowest BCUT2D eigenvalue weighted by molar-refractivity contribution is -0.121. The molecule has 0 radical (unpaired) electrons. The van der Waals surface area contributed by atoms with E-state index in [4.69, 9.17) is 4.74 Å². The number of anilines is 1. The molecule has 0 fully saturated rings. The van der Waals surface area contributed by atoms with Gasteiger partial charge in [0.1, 0.15) is 23.7 Å². The number of fused-ring (bicyclic) bond motifs is 1. The molecule has 0 saturated carbocycles. The summed E-state index contributed by atoms with van der Waals surface area (Å²) in [5.74, 6) is 0.223. The number of hydrogen-bond donors (Lipinski definition) is 2. The van der Waals surface area contributed by atoms with Crippen molar-refractivity contribution in [1.29, 1.82) is 0 Å². The summed E-state index contributed by atoms with van der Waals surface area (Å²) in [5, 5.41) is 9.46. The Labute approximate surface area is 181 Å². The fourth-order valence-corrected chi connectivity index (χ4v) is 3.55. The number of halogens is 1. The third-order valence-electron chi connectivity index (χ3n) is 4.80. The number of carbonyl (C=O) groups is 2. The van der Waals surface area contributed by atoms with E-state index in [0.717, 1.165) is 10.0 Å². The lowest BCUT2D eigenvalue weighted by Crippen LogP contribution is -2.53. The molecule has 0 saturated heterocycles. The highest BCUT2D eigenvalue weighted by Crippen LogP contribution is 2.34. The van der Waals surface area contributed by atoms with Crippen LogP contribution in [0.15, 0.2) is 47.2 Å². The molecule has 2 N–H and O–H groups in total. The van der Waals surface area contributed by atoms with Crippen LogP contribution in [0.1, 0.15) is 28.9 Å². The summed E-state index contributed by atoms with van der Waals surface area (Å²) in [7, 11) is 1.65. The maximum Gasteiger partial charge on any atom is 0.291 e. The standard InChI is InChI=1S/C20H19BrN6O3/c1-11-17(20(29)27(2)14-10-13(21)3-4-15(14)30-11)24-19(28)18-23-16(25-26-18)9-12-5-7-22-8-6-12/h3-8,10-11,17H,9H2,1-2H3,(H,24,28)(H,23,25,26)/t11-,17+/m1/s1. The van der Waals surface area contributed by atoms with E-state index in [2.05, 4.69) is 41.4 Å². The molecule has 2 aromatic heterocycles. The molecule has 0 bridgehead atoms. The number of carbonyl (C=O) groups excluding carboxylic acids is 2. The van der Waals surface area contributed by atoms with Crippen molar-refractivity contribution >= 4 is 33.4 Å². The van der Waals surface area contributed by atoms with Crippen molar-refractivity contribution < 1.29 is 14.3 Å². The van der Waals surface area contributed by atoms with E-state index in [1.165, 1.54) is 4.90 Å². The Balaban J connectivity index is 1.50. The van der Waals surface area contributed by atoms with Crippen molar-refractivity contribution in [3.63, 3.8) is 0 Å². The molecule has 1 aliphatic rings. The van der Waals surface area contributed by atoms with E-state index in [1.54, 1.807) is 38.5 Å². The first-order valence-electron chi connectivity index (χ1n) is 9.27. The number of H-pyrrole nitrogens is 1. The average Bonchev–Trinajstić information content (AvgIpc) is 3.18. The number of aromatic nitrogens is 4. The first-order valence-corrected chi connectivity index (χ1v) is 10.1. The Morgan fingerprint density at radius 2 is 2.07 bits per heavy atom. The van der Waals surface area contributed by atoms with Gasteiger partial charge in [-0.3, -0.25) is 19.7 Å². The molecule has 2 amide bonds. The Kier molecular flexibility index (Phi) is 5.49. The van der Waals surface area contributed by atoms with Gasteiger partial charge in [-0.15, -0.1) is 5.10 Å². The van der Waals surface area contributed by atoms with E-state index in [9.17, 15) is 9.59 Å². The number of ether oxygens (including phenoxy) is 1. The van der Waals surface area contributed by atoms with Crippen LogP contribution in [0.5, 0.6) is 5.75 Å². The van der Waals surface area contributed by atoms with Gasteiger partial charge in [-0.1, -0.05) is 15.9 Å². The van der Waals surface area contributed by atoms with E-state index in [-0.39, 0.29) is 11.7 Å². The van der Waals surface area contributed by atoms with Crippen LogP contribution in [0.2, 0.25) is 0 Å². The SMILES string of the molecule is C[C@H]1Oc2ccc(Br)cc2N(C)C(=O)[C@H]1NC(=O)c1n[nH]c(Cc2ccncc2)n1. The lowest BCUT2D eigenvalue weighted by Gasteiger charge is -2.23. The number of amides is 2. The van der Waals surface area contributed by atoms with Crippen LogP contribution in [0, 0.1) is 0 Å². The van der Waals surface area contributed by atoms with Gasteiger partial charge in [-0.25, -0.2) is 4.98 Å². The van der Waals surface area contributed by atoms with E-state index < -0.39 is 18.1 Å². The number of nitrogens with zero attached hydrogens (tertiary/aromatic N) is 4. The summed E-state index contributed by atoms with van der Waals surface area (Å²) in [6.45, 7) is 1.74. The summed E-state index contributed by atoms with van der Waals surface area (Å²) in [5.41, 5.74) is 1.61. The van der Waals surface area contributed by atoms with Crippen molar-refractivity contribution in [2.75, 3.05) is 11.9 Å². The molecular formula is C20H19BrN6O3. The number of benzene rings is 1. The molecule has 4 rings (SSSR count). The summed E-state index contributed by atoms with van der Waals surface area (Å²) in [6.07, 6.45) is 3.27. The number of aromatic amines is 1. The summed E-state index contributed by atoms with van der Waals surface area (Å²) < 4.78 is 6.75. The Bertz CT molecular complexity index is 1090. The minimum atomic E-state index is -0.893. The maximum atomic E-state index is 13.0. The lowest BCUT2D eigenvalue weighted by atomic mass is 10.1. The van der Waals surface area contributed by atoms with Gasteiger partial charge >= 0.3 is 0 Å². The molecule has 0 unspecified atom stereocenters. The van der Waals surface area contributed by atoms with Crippen LogP contribution in [0.3, 0.4) is 0 Å². The minimum Gasteiger partial charge on any atom is -0.486 e. The van der Waals surface area contributed by atoms with Gasteiger partial charge in [0.15, 0.2) is 0 Å². The third kappa shape index (κ3) is 4.04. The van der Waals surface area contributed by atoms with Gasteiger partial charge < -0.3 is 15.0 Å². The second-order valence-corrected chi connectivity index (χ2v) is 7.84. The fourth-order valence-electron chi connectivity index (χ4n) is 3.20. The van der Waals surface area contributed by atoms with Crippen LogP contribution < -0.4 is 15.0 Å². The first-order chi connectivity index (χ1) is 14.4. The number of pyridine rings is 1. The molecule has 1 aromatic carbocycles. The van der Waals surface area contributed by atoms with Crippen molar-refractivity contribution in [3.05, 3.63) is 64.4 Å². The van der Waals surface area contributed by atoms with Crippen LogP contribution in [-0.2, 0) is 11.2 Å². The number of hydrogen-bond acceptors (Lipinski definition) is 6. The predicted molar refractivity (Wildman–Crippen MR) is 112 cm³/mol. The van der Waals surface area contributed by atoms with Crippen LogP contribution in [0.25, 0.3) is 0 Å². The monoisotopic (exact) mass is 470 g/mol. The van der Waals surface area contributed by atoms with Crippen molar-refractivity contribution in [1.82, 2.24) is 25.5 Å². The predicted octanol–water partition coefficient (Wildman–Crippen LogP) is 2.10. The van der Waals surface area contributed by atoms with Crippen LogP contribution in [0.4, 0.5) is 5.69 Å². The van der Waals surface area contributed by atoms with E-state index >= 15 is 0 Å². The zero-order chi connectivity index (χ0) is 21.3. The van der Waals surface area contributed by atoms with E-state index in [1.807, 2.05) is 18.2 Å². The second-order valence-electron chi connectivity index (χ2n) is 6.92. The quantitative estimate of drug-likeness (QED) is 0.603. The molecule has 10 heteroatoms. The van der Waals surface area contributed by atoms with E-state index in [0.29, 0.717) is 23.7 Å². The Morgan fingerprint density at radius 3 is 2.83 bits per heavy atom. The highest BCUT2D eigenvalue weighted by Gasteiger charge is 2.36. The Hall–Kier alpha value is -3.27. The minimum absolute atomic E-state index is 0.0359. The fraction of sp³-hybridized carbons (Fsp3) is 0.250. The molecular weight excluding hydrogens is 452 g/mol. The van der Waals surface area contributed by atoms with Gasteiger partial charge in [-0.2, -0.15) is 0 Å². The summed E-state index contributed by atoms with van der Waals surface area (Å²) in [4.78, 5) is 35.4. The topological polar surface area (TPSA) is 113 Å². The number of rotatable bonds is 4.